The van der Waals surface area contributed by atoms with Crippen LogP contribution in [-0.2, 0) is 10.0 Å². The fourth-order valence-corrected chi connectivity index (χ4v) is 3.07. The van der Waals surface area contributed by atoms with Gasteiger partial charge in [-0.25, -0.2) is 23.1 Å². The lowest BCUT2D eigenvalue weighted by Crippen LogP contribution is -2.16. The summed E-state index contributed by atoms with van der Waals surface area (Å²) in [5.41, 5.74) is 1.41. The number of sulfonamides is 1. The van der Waals surface area contributed by atoms with Crippen molar-refractivity contribution < 1.29 is 13.2 Å². The second-order valence-corrected chi connectivity index (χ2v) is 5.84. The molecule has 0 aliphatic carbocycles. The molecule has 0 saturated carbocycles. The lowest BCUT2D eigenvalue weighted by molar-refractivity contribution is 0.411. The fraction of sp³-hybridized carbons (Fsp3) is 0.231. The quantitative estimate of drug-likeness (QED) is 0.931. The zero-order valence-electron chi connectivity index (χ0n) is 11.4. The van der Waals surface area contributed by atoms with Crippen molar-refractivity contribution in [2.75, 3.05) is 11.8 Å². The molecule has 1 aromatic carbocycles. The summed E-state index contributed by atoms with van der Waals surface area (Å²) in [7, 11) is -2.17. The molecule has 0 aliphatic heterocycles. The second kappa shape index (κ2) is 5.46. The van der Waals surface area contributed by atoms with Gasteiger partial charge < -0.3 is 4.74 Å². The highest BCUT2D eigenvalue weighted by molar-refractivity contribution is 7.92. The van der Waals surface area contributed by atoms with Crippen LogP contribution < -0.4 is 9.46 Å². The molecular formula is C13H15N3O3S. The van der Waals surface area contributed by atoms with Crippen molar-refractivity contribution in [1.29, 1.82) is 0 Å². The van der Waals surface area contributed by atoms with Crippen LogP contribution in [0.25, 0.3) is 0 Å². The SMILES string of the molecule is COc1ccc(S(=O)(=O)Nc2ncccn2)c(C)c1C. The number of benzene rings is 1. The number of hydrogen-bond acceptors (Lipinski definition) is 5. The van der Waals surface area contributed by atoms with Gasteiger partial charge in [0.2, 0.25) is 5.95 Å². The van der Waals surface area contributed by atoms with Crippen LogP contribution in [0.3, 0.4) is 0 Å². The lowest BCUT2D eigenvalue weighted by atomic mass is 10.1. The topological polar surface area (TPSA) is 81.2 Å². The first-order valence-corrected chi connectivity index (χ1v) is 7.38. The number of nitrogens with zero attached hydrogens (tertiary/aromatic N) is 2. The number of nitrogens with one attached hydrogen (secondary N) is 1. The molecule has 0 saturated heterocycles. The van der Waals surface area contributed by atoms with Gasteiger partial charge in [0.1, 0.15) is 5.75 Å². The van der Waals surface area contributed by atoms with E-state index >= 15 is 0 Å². The first-order chi connectivity index (χ1) is 9.45. The van der Waals surface area contributed by atoms with Crippen LogP contribution in [0.15, 0.2) is 35.5 Å². The first-order valence-electron chi connectivity index (χ1n) is 5.89. The van der Waals surface area contributed by atoms with Crippen molar-refractivity contribution in [2.24, 2.45) is 0 Å². The summed E-state index contributed by atoms with van der Waals surface area (Å²) in [5.74, 6) is 0.692. The Morgan fingerprint density at radius 2 is 1.75 bits per heavy atom. The fourth-order valence-electron chi connectivity index (χ4n) is 1.81. The lowest BCUT2D eigenvalue weighted by Gasteiger charge is -2.13. The zero-order valence-corrected chi connectivity index (χ0v) is 12.2. The minimum absolute atomic E-state index is 0.0420. The number of hydrogen-bond donors (Lipinski definition) is 1. The molecule has 0 amide bonds. The van der Waals surface area contributed by atoms with E-state index in [-0.39, 0.29) is 10.8 Å². The minimum Gasteiger partial charge on any atom is -0.496 e. The third-order valence-corrected chi connectivity index (χ3v) is 4.46. The van der Waals surface area contributed by atoms with Crippen molar-refractivity contribution in [3.63, 3.8) is 0 Å². The van der Waals surface area contributed by atoms with Crippen LogP contribution in [0.2, 0.25) is 0 Å². The van der Waals surface area contributed by atoms with Gasteiger partial charge in [0.05, 0.1) is 12.0 Å². The monoisotopic (exact) mass is 293 g/mol. The van der Waals surface area contributed by atoms with E-state index in [9.17, 15) is 8.42 Å². The third kappa shape index (κ3) is 2.72. The van der Waals surface area contributed by atoms with E-state index < -0.39 is 10.0 Å². The van der Waals surface area contributed by atoms with Crippen LogP contribution in [0.4, 0.5) is 5.95 Å². The Bertz CT molecular complexity index is 715. The Morgan fingerprint density at radius 3 is 2.35 bits per heavy atom. The van der Waals surface area contributed by atoms with E-state index in [2.05, 4.69) is 14.7 Å². The minimum atomic E-state index is -3.72. The van der Waals surface area contributed by atoms with Crippen molar-refractivity contribution in [3.8, 4) is 5.75 Å². The number of ether oxygens (including phenoxy) is 1. The predicted octanol–water partition coefficient (Wildman–Crippen LogP) is 1.90. The van der Waals surface area contributed by atoms with Crippen molar-refractivity contribution in [2.45, 2.75) is 18.7 Å². The van der Waals surface area contributed by atoms with Gasteiger partial charge in [-0.2, -0.15) is 0 Å². The van der Waals surface area contributed by atoms with Gasteiger partial charge in [-0.15, -0.1) is 0 Å². The molecule has 1 heterocycles. The Labute approximate surface area is 117 Å². The smallest absolute Gasteiger partial charge is 0.264 e. The number of rotatable bonds is 4. The Balaban J connectivity index is 2.43. The van der Waals surface area contributed by atoms with E-state index in [1.807, 2.05) is 6.92 Å². The maximum atomic E-state index is 12.3. The molecule has 0 radical (unpaired) electrons. The summed E-state index contributed by atoms with van der Waals surface area (Å²) < 4.78 is 32.2. The molecule has 0 aliphatic rings. The second-order valence-electron chi connectivity index (χ2n) is 4.19. The van der Waals surface area contributed by atoms with Crippen LogP contribution in [0.1, 0.15) is 11.1 Å². The Morgan fingerprint density at radius 1 is 1.10 bits per heavy atom. The predicted molar refractivity (Wildman–Crippen MR) is 75.3 cm³/mol. The van der Waals surface area contributed by atoms with Crippen molar-refractivity contribution in [3.05, 3.63) is 41.7 Å². The van der Waals surface area contributed by atoms with E-state index in [1.165, 1.54) is 18.5 Å². The van der Waals surface area contributed by atoms with Gasteiger partial charge in [-0.05, 0) is 43.2 Å². The van der Waals surface area contributed by atoms with E-state index in [0.29, 0.717) is 11.3 Å². The summed E-state index contributed by atoms with van der Waals surface area (Å²) in [6, 6.07) is 4.75. The van der Waals surface area contributed by atoms with Gasteiger partial charge in [0.15, 0.2) is 0 Å². The Hall–Kier alpha value is -2.15. The molecule has 2 rings (SSSR count). The molecule has 0 fully saturated rings. The molecule has 0 spiro atoms. The highest BCUT2D eigenvalue weighted by Gasteiger charge is 2.20. The average Bonchev–Trinajstić information content (AvgIpc) is 2.42. The van der Waals surface area contributed by atoms with Crippen molar-refractivity contribution >= 4 is 16.0 Å². The molecule has 0 unspecified atom stereocenters. The number of anilines is 1. The summed E-state index contributed by atoms with van der Waals surface area (Å²) >= 11 is 0. The molecule has 1 aromatic heterocycles. The molecule has 0 bridgehead atoms. The molecule has 7 heteroatoms. The van der Waals surface area contributed by atoms with Crippen LogP contribution in [-0.4, -0.2) is 25.5 Å². The van der Waals surface area contributed by atoms with E-state index in [1.54, 1.807) is 26.2 Å². The molecule has 6 nitrogen and oxygen atoms in total. The molecule has 20 heavy (non-hydrogen) atoms. The molecule has 106 valence electrons. The van der Waals surface area contributed by atoms with Gasteiger partial charge in [-0.3, -0.25) is 0 Å². The molecule has 1 N–H and O–H groups in total. The van der Waals surface area contributed by atoms with Crippen LogP contribution >= 0.6 is 0 Å². The first kappa shape index (κ1) is 14.3. The summed E-state index contributed by atoms with van der Waals surface area (Å²) in [5, 5.41) is 0. The third-order valence-electron chi connectivity index (χ3n) is 2.99. The van der Waals surface area contributed by atoms with Gasteiger partial charge in [-0.1, -0.05) is 0 Å². The summed E-state index contributed by atoms with van der Waals surface area (Å²) in [6.45, 7) is 3.55. The molecule has 0 atom stereocenters. The summed E-state index contributed by atoms with van der Waals surface area (Å²) in [4.78, 5) is 7.88. The van der Waals surface area contributed by atoms with Crippen molar-refractivity contribution in [1.82, 2.24) is 9.97 Å². The Kier molecular flexibility index (Phi) is 3.89. The van der Waals surface area contributed by atoms with Gasteiger partial charge in [0, 0.05) is 12.4 Å². The highest BCUT2D eigenvalue weighted by atomic mass is 32.2. The van der Waals surface area contributed by atoms with Crippen LogP contribution in [0, 0.1) is 13.8 Å². The largest absolute Gasteiger partial charge is 0.496 e. The van der Waals surface area contributed by atoms with Crippen LogP contribution in [0.5, 0.6) is 5.75 Å². The zero-order chi connectivity index (χ0) is 14.8. The maximum Gasteiger partial charge on any atom is 0.264 e. The van der Waals surface area contributed by atoms with E-state index in [4.69, 9.17) is 4.74 Å². The number of aromatic nitrogens is 2. The normalized spacial score (nSPS) is 11.2. The summed E-state index contributed by atoms with van der Waals surface area (Å²) in [6.07, 6.45) is 2.94. The van der Waals surface area contributed by atoms with E-state index in [0.717, 1.165) is 5.56 Å². The molecular weight excluding hydrogens is 278 g/mol. The highest BCUT2D eigenvalue weighted by Crippen LogP contribution is 2.27. The molecule has 2 aromatic rings. The average molecular weight is 293 g/mol. The van der Waals surface area contributed by atoms with Gasteiger partial charge in [0.25, 0.3) is 10.0 Å². The van der Waals surface area contributed by atoms with Gasteiger partial charge >= 0.3 is 0 Å². The standard InChI is InChI=1S/C13H15N3O3S/c1-9-10(2)12(6-5-11(9)19-3)20(17,18)16-13-14-7-4-8-15-13/h4-8H,1-3H3,(H,14,15,16). The maximum absolute atomic E-state index is 12.3. The number of methoxy groups -OCH3 is 1.